The quantitative estimate of drug-likeness (QED) is 0.892. The molecular weight excluding hydrogens is 262 g/mol. The second kappa shape index (κ2) is 6.79. The van der Waals surface area contributed by atoms with Crippen molar-refractivity contribution in [1.29, 1.82) is 0 Å². The fourth-order valence-corrected chi connectivity index (χ4v) is 1.96. The van der Waals surface area contributed by atoms with Crippen LogP contribution >= 0.6 is 0 Å². The third kappa shape index (κ3) is 4.24. The van der Waals surface area contributed by atoms with Crippen LogP contribution in [0.1, 0.15) is 12.5 Å². The van der Waals surface area contributed by atoms with Crippen LogP contribution in [0.4, 0.5) is 21.9 Å². The van der Waals surface area contributed by atoms with Gasteiger partial charge in [0.2, 0.25) is 0 Å². The summed E-state index contributed by atoms with van der Waals surface area (Å²) < 4.78 is 0. The zero-order valence-electron chi connectivity index (χ0n) is 12.7. The Kier molecular flexibility index (Phi) is 4.82. The predicted molar refractivity (Wildman–Crippen MR) is 89.2 cm³/mol. The molecule has 0 aliphatic rings. The Balaban J connectivity index is 1.94. The number of nitrogens with zero attached hydrogens (tertiary/aromatic N) is 1. The molecule has 0 bridgehead atoms. The standard InChI is InChI=1S/C17H21N3O/c1-4-13-5-7-14(8-6-13)18-17(21)19-15-9-11-16(12-10-15)20(2)3/h5-12H,4H2,1-3H3,(H2,18,19,21). The zero-order chi connectivity index (χ0) is 15.2. The van der Waals surface area contributed by atoms with Crippen molar-refractivity contribution in [2.45, 2.75) is 13.3 Å². The van der Waals surface area contributed by atoms with Gasteiger partial charge in [-0.25, -0.2) is 4.79 Å². The molecule has 4 nitrogen and oxygen atoms in total. The highest BCUT2D eigenvalue weighted by atomic mass is 16.2. The van der Waals surface area contributed by atoms with Gasteiger partial charge < -0.3 is 15.5 Å². The number of nitrogens with one attached hydrogen (secondary N) is 2. The number of benzene rings is 2. The maximum atomic E-state index is 11.9. The monoisotopic (exact) mass is 283 g/mol. The molecule has 0 spiro atoms. The molecule has 0 aliphatic carbocycles. The van der Waals surface area contributed by atoms with Crippen molar-refractivity contribution in [3.05, 3.63) is 54.1 Å². The lowest BCUT2D eigenvalue weighted by Crippen LogP contribution is -2.19. The minimum absolute atomic E-state index is 0.239. The second-order valence-corrected chi connectivity index (χ2v) is 5.07. The van der Waals surface area contributed by atoms with E-state index in [9.17, 15) is 4.79 Å². The first-order valence-corrected chi connectivity index (χ1v) is 7.03. The van der Waals surface area contributed by atoms with Crippen molar-refractivity contribution in [2.24, 2.45) is 0 Å². The SMILES string of the molecule is CCc1ccc(NC(=O)Nc2ccc(N(C)C)cc2)cc1. The number of aryl methyl sites for hydroxylation is 1. The van der Waals surface area contributed by atoms with E-state index in [0.717, 1.165) is 23.5 Å². The molecular formula is C17H21N3O. The lowest BCUT2D eigenvalue weighted by Gasteiger charge is -2.13. The van der Waals surface area contributed by atoms with Gasteiger partial charge in [0.1, 0.15) is 0 Å². The van der Waals surface area contributed by atoms with Crippen molar-refractivity contribution in [3.63, 3.8) is 0 Å². The third-order valence-corrected chi connectivity index (χ3v) is 3.26. The number of amides is 2. The smallest absolute Gasteiger partial charge is 0.323 e. The van der Waals surface area contributed by atoms with E-state index in [-0.39, 0.29) is 6.03 Å². The highest BCUT2D eigenvalue weighted by Crippen LogP contribution is 2.16. The van der Waals surface area contributed by atoms with Crippen LogP contribution in [0.2, 0.25) is 0 Å². The van der Waals surface area contributed by atoms with Crippen LogP contribution in [-0.2, 0) is 6.42 Å². The molecule has 0 radical (unpaired) electrons. The molecule has 0 saturated carbocycles. The maximum Gasteiger partial charge on any atom is 0.323 e. The third-order valence-electron chi connectivity index (χ3n) is 3.26. The van der Waals surface area contributed by atoms with Gasteiger partial charge in [-0.05, 0) is 48.4 Å². The number of carbonyl (C=O) groups is 1. The molecule has 21 heavy (non-hydrogen) atoms. The molecule has 4 heteroatoms. The van der Waals surface area contributed by atoms with Gasteiger partial charge in [0.05, 0.1) is 0 Å². The molecule has 0 unspecified atom stereocenters. The van der Waals surface area contributed by atoms with E-state index >= 15 is 0 Å². The van der Waals surface area contributed by atoms with Gasteiger partial charge in [-0.3, -0.25) is 0 Å². The first-order valence-electron chi connectivity index (χ1n) is 7.03. The fourth-order valence-electron chi connectivity index (χ4n) is 1.96. The maximum absolute atomic E-state index is 11.9. The topological polar surface area (TPSA) is 44.4 Å². The molecule has 0 aromatic heterocycles. The van der Waals surface area contributed by atoms with Crippen molar-refractivity contribution in [3.8, 4) is 0 Å². The second-order valence-electron chi connectivity index (χ2n) is 5.07. The number of hydrogen-bond acceptors (Lipinski definition) is 2. The Morgan fingerprint density at radius 2 is 1.38 bits per heavy atom. The van der Waals surface area contributed by atoms with E-state index < -0.39 is 0 Å². The summed E-state index contributed by atoms with van der Waals surface area (Å²) in [7, 11) is 3.96. The summed E-state index contributed by atoms with van der Waals surface area (Å²) in [5.41, 5.74) is 3.90. The van der Waals surface area contributed by atoms with Gasteiger partial charge in [0.15, 0.2) is 0 Å². The Morgan fingerprint density at radius 1 is 0.905 bits per heavy atom. The molecule has 2 rings (SSSR count). The molecule has 0 saturated heterocycles. The average Bonchev–Trinajstić information content (AvgIpc) is 2.48. The fraction of sp³-hybridized carbons (Fsp3) is 0.235. The summed E-state index contributed by atoms with van der Waals surface area (Å²) in [5, 5.41) is 5.64. The van der Waals surface area contributed by atoms with Crippen molar-refractivity contribution < 1.29 is 4.79 Å². The molecule has 110 valence electrons. The highest BCUT2D eigenvalue weighted by Gasteiger charge is 2.03. The van der Waals surface area contributed by atoms with E-state index in [4.69, 9.17) is 0 Å². The summed E-state index contributed by atoms with van der Waals surface area (Å²) >= 11 is 0. The van der Waals surface area contributed by atoms with E-state index in [1.807, 2.05) is 67.5 Å². The predicted octanol–water partition coefficient (Wildman–Crippen LogP) is 3.96. The number of urea groups is 1. The largest absolute Gasteiger partial charge is 0.378 e. The van der Waals surface area contributed by atoms with Crippen LogP contribution in [-0.4, -0.2) is 20.1 Å². The van der Waals surface area contributed by atoms with Gasteiger partial charge >= 0.3 is 6.03 Å². The zero-order valence-corrected chi connectivity index (χ0v) is 12.7. The Labute approximate surface area is 125 Å². The lowest BCUT2D eigenvalue weighted by molar-refractivity contribution is 0.262. The van der Waals surface area contributed by atoms with E-state index in [0.29, 0.717) is 0 Å². The number of carbonyl (C=O) groups excluding carboxylic acids is 1. The Hall–Kier alpha value is -2.49. The van der Waals surface area contributed by atoms with E-state index in [2.05, 4.69) is 17.6 Å². The van der Waals surface area contributed by atoms with Crippen LogP contribution in [0, 0.1) is 0 Å². The molecule has 0 aliphatic heterocycles. The number of rotatable bonds is 4. The molecule has 0 atom stereocenters. The van der Waals surface area contributed by atoms with Gasteiger partial charge in [-0.2, -0.15) is 0 Å². The van der Waals surface area contributed by atoms with Crippen molar-refractivity contribution >= 4 is 23.1 Å². The molecule has 0 fully saturated rings. The van der Waals surface area contributed by atoms with Crippen LogP contribution in [0.15, 0.2) is 48.5 Å². The number of hydrogen-bond donors (Lipinski definition) is 2. The van der Waals surface area contributed by atoms with Crippen LogP contribution in [0.3, 0.4) is 0 Å². The van der Waals surface area contributed by atoms with Gasteiger partial charge in [-0.15, -0.1) is 0 Å². The summed E-state index contributed by atoms with van der Waals surface area (Å²) in [6.07, 6.45) is 0.991. The summed E-state index contributed by atoms with van der Waals surface area (Å²) in [4.78, 5) is 13.9. The minimum atomic E-state index is -0.239. The average molecular weight is 283 g/mol. The number of anilines is 3. The van der Waals surface area contributed by atoms with E-state index in [1.54, 1.807) is 0 Å². The van der Waals surface area contributed by atoms with Crippen molar-refractivity contribution in [2.75, 3.05) is 29.6 Å². The lowest BCUT2D eigenvalue weighted by atomic mass is 10.1. The molecule has 2 N–H and O–H groups in total. The summed E-state index contributed by atoms with van der Waals surface area (Å²) in [6.45, 7) is 2.10. The van der Waals surface area contributed by atoms with Gasteiger partial charge in [0, 0.05) is 31.2 Å². The minimum Gasteiger partial charge on any atom is -0.378 e. The van der Waals surface area contributed by atoms with Crippen LogP contribution in [0.25, 0.3) is 0 Å². The van der Waals surface area contributed by atoms with Gasteiger partial charge in [0.25, 0.3) is 0 Å². The van der Waals surface area contributed by atoms with Crippen molar-refractivity contribution in [1.82, 2.24) is 0 Å². The Morgan fingerprint density at radius 3 is 1.81 bits per heavy atom. The molecule has 2 aromatic rings. The van der Waals surface area contributed by atoms with Gasteiger partial charge in [-0.1, -0.05) is 19.1 Å². The molecule has 0 heterocycles. The molecule has 2 aromatic carbocycles. The summed E-state index contributed by atoms with van der Waals surface area (Å²) in [6, 6.07) is 15.3. The van der Waals surface area contributed by atoms with Crippen LogP contribution in [0.5, 0.6) is 0 Å². The first kappa shape index (κ1) is 14.9. The normalized spacial score (nSPS) is 10.0. The van der Waals surface area contributed by atoms with E-state index in [1.165, 1.54) is 5.56 Å². The Bertz CT molecular complexity index is 588. The summed E-state index contributed by atoms with van der Waals surface area (Å²) in [5.74, 6) is 0. The van der Waals surface area contributed by atoms with Crippen LogP contribution < -0.4 is 15.5 Å². The molecule has 2 amide bonds. The first-order chi connectivity index (χ1) is 10.1. The highest BCUT2D eigenvalue weighted by molar-refractivity contribution is 5.99.